The number of amides is 1. The molecule has 0 aromatic heterocycles. The van der Waals surface area contributed by atoms with Crippen LogP contribution in [0.1, 0.15) is 25.0 Å². The molecule has 9 heteroatoms. The van der Waals surface area contributed by atoms with Crippen molar-refractivity contribution in [3.05, 3.63) is 73.8 Å². The second kappa shape index (κ2) is 6.59. The lowest BCUT2D eigenvalue weighted by Crippen LogP contribution is -2.41. The molecular weight excluding hydrogens is 381 g/mol. The van der Waals surface area contributed by atoms with Gasteiger partial charge in [-0.3, -0.25) is 14.9 Å². The molecule has 2 aromatic carbocycles. The second-order valence-corrected chi connectivity index (χ2v) is 6.57. The molecule has 134 valence electrons. The average molecular weight is 394 g/mol. The molecule has 1 aliphatic rings. The van der Waals surface area contributed by atoms with Gasteiger partial charge in [0, 0.05) is 37.1 Å². The average Bonchev–Trinajstić information content (AvgIpc) is 2.96. The first kappa shape index (κ1) is 18.2. The highest BCUT2D eigenvalue weighted by atomic mass is 35.5. The number of non-ortho nitro benzene ring substituents is 1. The minimum absolute atomic E-state index is 0.0528. The summed E-state index contributed by atoms with van der Waals surface area (Å²) >= 11 is 12.0. The maximum Gasteiger partial charge on any atom is 0.269 e. The Morgan fingerprint density at radius 2 is 1.85 bits per heavy atom. The predicted molar refractivity (Wildman–Crippen MR) is 97.1 cm³/mol. The summed E-state index contributed by atoms with van der Waals surface area (Å²) in [5.41, 5.74) is -0.187. The third-order valence-corrected chi connectivity index (χ3v) is 4.71. The number of nitrogens with zero attached hydrogens (tertiary/aromatic N) is 3. The normalized spacial score (nSPS) is 19.1. The Labute approximate surface area is 158 Å². The molecule has 1 atom stereocenters. The van der Waals surface area contributed by atoms with Crippen molar-refractivity contribution in [2.75, 3.05) is 0 Å². The van der Waals surface area contributed by atoms with Gasteiger partial charge in [-0.25, -0.2) is 0 Å². The van der Waals surface area contributed by atoms with Gasteiger partial charge in [-0.15, -0.1) is 5.10 Å². The van der Waals surface area contributed by atoms with Crippen LogP contribution in [0.5, 0.6) is 0 Å². The van der Waals surface area contributed by atoms with E-state index in [1.54, 1.807) is 25.1 Å². The van der Waals surface area contributed by atoms with E-state index in [1.807, 2.05) is 0 Å². The van der Waals surface area contributed by atoms with Crippen molar-refractivity contribution in [3.8, 4) is 0 Å². The summed E-state index contributed by atoms with van der Waals surface area (Å²) in [5, 5.41) is 16.9. The van der Waals surface area contributed by atoms with E-state index >= 15 is 0 Å². The number of hydrazone groups is 1. The molecule has 0 aliphatic carbocycles. The summed E-state index contributed by atoms with van der Waals surface area (Å²) in [6.07, 6.45) is 0. The highest BCUT2D eigenvalue weighted by molar-refractivity contribution is 6.42. The number of carbonyl (C=O) groups is 1. The molecule has 0 saturated carbocycles. The lowest BCUT2D eigenvalue weighted by Gasteiger charge is -2.31. The van der Waals surface area contributed by atoms with Gasteiger partial charge in [0.15, 0.2) is 0 Å². The molecule has 1 heterocycles. The molecule has 3 rings (SSSR count). The number of nitro groups is 1. The van der Waals surface area contributed by atoms with Gasteiger partial charge in [0.2, 0.25) is 17.5 Å². The van der Waals surface area contributed by atoms with E-state index in [-0.39, 0.29) is 17.5 Å². The van der Waals surface area contributed by atoms with Crippen molar-refractivity contribution >= 4 is 40.7 Å². The van der Waals surface area contributed by atoms with Gasteiger partial charge in [0.25, 0.3) is 5.69 Å². The van der Waals surface area contributed by atoms with E-state index in [4.69, 9.17) is 27.9 Å². The summed E-state index contributed by atoms with van der Waals surface area (Å²) in [4.78, 5) is 22.4. The lowest BCUT2D eigenvalue weighted by molar-refractivity contribution is -0.384. The smallest absolute Gasteiger partial charge is 0.269 e. The fraction of sp³-hybridized carbons (Fsp3) is 0.176. The number of ether oxygens (including phenoxy) is 1. The first-order valence-corrected chi connectivity index (χ1v) is 8.27. The van der Waals surface area contributed by atoms with Crippen molar-refractivity contribution in [2.45, 2.75) is 19.6 Å². The molecule has 0 unspecified atom stereocenters. The Hall–Kier alpha value is -2.64. The summed E-state index contributed by atoms with van der Waals surface area (Å²) < 4.78 is 5.97. The van der Waals surface area contributed by atoms with Crippen LogP contribution in [0, 0.1) is 10.1 Å². The van der Waals surface area contributed by atoms with Crippen LogP contribution >= 0.6 is 23.2 Å². The Balaban J connectivity index is 2.00. The summed E-state index contributed by atoms with van der Waals surface area (Å²) in [6.45, 7) is 3.04. The topological polar surface area (TPSA) is 85.0 Å². The molecular formula is C17H13Cl2N3O4. The van der Waals surface area contributed by atoms with Crippen LogP contribution in [-0.2, 0) is 15.3 Å². The van der Waals surface area contributed by atoms with E-state index in [2.05, 4.69) is 5.10 Å². The van der Waals surface area contributed by atoms with Gasteiger partial charge < -0.3 is 4.74 Å². The molecule has 0 bridgehead atoms. The zero-order valence-corrected chi connectivity index (χ0v) is 15.3. The number of hydrogen-bond donors (Lipinski definition) is 0. The first-order chi connectivity index (χ1) is 12.2. The standard InChI is InChI=1S/C17H13Cl2N3O4/c1-10(23)21-17(2,12-5-8-14(18)15(19)9-12)26-16(20-21)11-3-6-13(7-4-11)22(24)25/h3-9H,1-2H3/t17-/m1/s1. The minimum atomic E-state index is -1.23. The van der Waals surface area contributed by atoms with Crippen molar-refractivity contribution in [2.24, 2.45) is 5.10 Å². The summed E-state index contributed by atoms with van der Waals surface area (Å²) in [7, 11) is 0. The maximum atomic E-state index is 12.1. The van der Waals surface area contributed by atoms with Crippen LogP contribution in [0.4, 0.5) is 5.69 Å². The predicted octanol–water partition coefficient (Wildman–Crippen LogP) is 4.31. The van der Waals surface area contributed by atoms with Crippen LogP contribution in [-0.4, -0.2) is 21.7 Å². The number of rotatable bonds is 3. The minimum Gasteiger partial charge on any atom is -0.443 e. The second-order valence-electron chi connectivity index (χ2n) is 5.75. The van der Waals surface area contributed by atoms with Gasteiger partial charge in [-0.05, 0) is 24.3 Å². The van der Waals surface area contributed by atoms with Gasteiger partial charge in [0.1, 0.15) is 0 Å². The Morgan fingerprint density at radius 3 is 2.38 bits per heavy atom. The molecule has 0 radical (unpaired) electrons. The van der Waals surface area contributed by atoms with Gasteiger partial charge in [-0.1, -0.05) is 29.3 Å². The summed E-state index contributed by atoms with van der Waals surface area (Å²) in [5.74, 6) is -0.167. The van der Waals surface area contributed by atoms with E-state index < -0.39 is 10.6 Å². The van der Waals surface area contributed by atoms with Crippen molar-refractivity contribution in [3.63, 3.8) is 0 Å². The van der Waals surface area contributed by atoms with E-state index in [0.717, 1.165) is 0 Å². The quantitative estimate of drug-likeness (QED) is 0.574. The molecule has 0 N–H and O–H groups in total. The number of nitro benzene ring substituents is 1. The van der Waals surface area contributed by atoms with Crippen LogP contribution in [0.3, 0.4) is 0 Å². The lowest BCUT2D eigenvalue weighted by atomic mass is 10.0. The molecule has 0 saturated heterocycles. The Morgan fingerprint density at radius 1 is 1.19 bits per heavy atom. The Kier molecular flexibility index (Phi) is 4.60. The van der Waals surface area contributed by atoms with Gasteiger partial charge >= 0.3 is 0 Å². The SMILES string of the molecule is CC(=O)N1N=C(c2ccc([N+](=O)[O-])cc2)O[C@]1(C)c1ccc(Cl)c(Cl)c1. The van der Waals surface area contributed by atoms with E-state index in [9.17, 15) is 14.9 Å². The third kappa shape index (κ3) is 3.11. The van der Waals surface area contributed by atoms with E-state index in [0.29, 0.717) is 21.2 Å². The zero-order chi connectivity index (χ0) is 19.1. The van der Waals surface area contributed by atoms with Crippen LogP contribution in [0.2, 0.25) is 10.0 Å². The summed E-state index contributed by atoms with van der Waals surface area (Å²) in [6, 6.07) is 10.6. The molecule has 2 aromatic rings. The monoisotopic (exact) mass is 393 g/mol. The van der Waals surface area contributed by atoms with Crippen molar-refractivity contribution in [1.29, 1.82) is 0 Å². The fourth-order valence-corrected chi connectivity index (χ4v) is 2.92. The third-order valence-electron chi connectivity index (χ3n) is 3.97. The number of hydrogen-bond acceptors (Lipinski definition) is 5. The highest BCUT2D eigenvalue weighted by Crippen LogP contribution is 2.38. The van der Waals surface area contributed by atoms with E-state index in [1.165, 1.54) is 36.2 Å². The van der Waals surface area contributed by atoms with Crippen LogP contribution in [0.25, 0.3) is 0 Å². The van der Waals surface area contributed by atoms with Crippen LogP contribution < -0.4 is 0 Å². The fourth-order valence-electron chi connectivity index (χ4n) is 2.62. The molecule has 0 fully saturated rings. The zero-order valence-electron chi connectivity index (χ0n) is 13.8. The first-order valence-electron chi connectivity index (χ1n) is 7.51. The largest absolute Gasteiger partial charge is 0.443 e. The Bertz CT molecular complexity index is 930. The maximum absolute atomic E-state index is 12.1. The molecule has 1 amide bonds. The molecule has 1 aliphatic heterocycles. The number of benzene rings is 2. The van der Waals surface area contributed by atoms with Crippen molar-refractivity contribution in [1.82, 2.24) is 5.01 Å². The van der Waals surface area contributed by atoms with Gasteiger partial charge in [-0.2, -0.15) is 5.01 Å². The van der Waals surface area contributed by atoms with Crippen LogP contribution in [0.15, 0.2) is 47.6 Å². The van der Waals surface area contributed by atoms with Crippen molar-refractivity contribution < 1.29 is 14.5 Å². The number of halogens is 2. The van der Waals surface area contributed by atoms with Gasteiger partial charge in [0.05, 0.1) is 15.0 Å². The molecule has 7 nitrogen and oxygen atoms in total. The highest BCUT2D eigenvalue weighted by Gasteiger charge is 2.45. The molecule has 0 spiro atoms. The molecule has 26 heavy (non-hydrogen) atoms. The number of carbonyl (C=O) groups excluding carboxylic acids is 1.